The molecule has 0 aliphatic heterocycles. The average molecular weight is 248 g/mol. The summed E-state index contributed by atoms with van der Waals surface area (Å²) in [7, 11) is 0. The van der Waals surface area contributed by atoms with Crippen LogP contribution >= 0.6 is 0 Å². The molecule has 1 rings (SSSR count). The van der Waals surface area contributed by atoms with Crippen molar-refractivity contribution in [1.29, 1.82) is 0 Å². The number of nitrogens with zero attached hydrogens (tertiary/aromatic N) is 2. The SMILES string of the molecule is CCC(=O)N(CCCc1ccccn1)CC(C)C. The second-order valence-electron chi connectivity index (χ2n) is 5.01. The number of carbonyl (C=O) groups is 1. The third-order valence-corrected chi connectivity index (χ3v) is 2.83. The highest BCUT2D eigenvalue weighted by Crippen LogP contribution is 2.05. The summed E-state index contributed by atoms with van der Waals surface area (Å²) in [6.45, 7) is 7.91. The van der Waals surface area contributed by atoms with Crippen molar-refractivity contribution in [2.24, 2.45) is 5.92 Å². The molecule has 0 spiro atoms. The molecule has 1 aromatic heterocycles. The summed E-state index contributed by atoms with van der Waals surface area (Å²) in [6, 6.07) is 5.97. The van der Waals surface area contributed by atoms with Crippen LogP contribution in [0.3, 0.4) is 0 Å². The largest absolute Gasteiger partial charge is 0.342 e. The van der Waals surface area contributed by atoms with Crippen molar-refractivity contribution in [2.45, 2.75) is 40.0 Å². The van der Waals surface area contributed by atoms with Gasteiger partial charge in [-0.2, -0.15) is 0 Å². The molecule has 0 saturated heterocycles. The molecule has 0 unspecified atom stereocenters. The van der Waals surface area contributed by atoms with E-state index in [2.05, 4.69) is 18.8 Å². The van der Waals surface area contributed by atoms with Gasteiger partial charge in [-0.15, -0.1) is 0 Å². The van der Waals surface area contributed by atoms with Gasteiger partial charge in [-0.3, -0.25) is 9.78 Å². The van der Waals surface area contributed by atoms with E-state index in [4.69, 9.17) is 0 Å². The molecule has 18 heavy (non-hydrogen) atoms. The lowest BCUT2D eigenvalue weighted by atomic mass is 10.1. The van der Waals surface area contributed by atoms with Crippen LogP contribution in [0.2, 0.25) is 0 Å². The van der Waals surface area contributed by atoms with Crippen LogP contribution in [0.25, 0.3) is 0 Å². The molecule has 0 aliphatic rings. The van der Waals surface area contributed by atoms with Crippen molar-refractivity contribution >= 4 is 5.91 Å². The van der Waals surface area contributed by atoms with Gasteiger partial charge in [-0.25, -0.2) is 0 Å². The van der Waals surface area contributed by atoms with E-state index < -0.39 is 0 Å². The zero-order valence-corrected chi connectivity index (χ0v) is 11.7. The molecule has 100 valence electrons. The van der Waals surface area contributed by atoms with Gasteiger partial charge in [0, 0.05) is 31.4 Å². The smallest absolute Gasteiger partial charge is 0.222 e. The fourth-order valence-electron chi connectivity index (χ4n) is 1.98. The number of pyridine rings is 1. The molecule has 1 heterocycles. The first-order valence-electron chi connectivity index (χ1n) is 6.81. The van der Waals surface area contributed by atoms with Gasteiger partial charge >= 0.3 is 0 Å². The Labute approximate surface area is 110 Å². The summed E-state index contributed by atoms with van der Waals surface area (Å²) in [4.78, 5) is 18.1. The van der Waals surface area contributed by atoms with E-state index in [1.54, 1.807) is 0 Å². The third kappa shape index (κ3) is 5.30. The number of aryl methyl sites for hydroxylation is 1. The molecular weight excluding hydrogens is 224 g/mol. The molecule has 3 heteroatoms. The topological polar surface area (TPSA) is 33.2 Å². The quantitative estimate of drug-likeness (QED) is 0.743. The molecule has 0 aromatic carbocycles. The lowest BCUT2D eigenvalue weighted by Gasteiger charge is -2.24. The van der Waals surface area contributed by atoms with Gasteiger partial charge in [0.25, 0.3) is 0 Å². The number of amides is 1. The number of carbonyl (C=O) groups excluding carboxylic acids is 1. The summed E-state index contributed by atoms with van der Waals surface area (Å²) in [5.74, 6) is 0.778. The maximum Gasteiger partial charge on any atom is 0.222 e. The Morgan fingerprint density at radius 1 is 1.39 bits per heavy atom. The second kappa shape index (κ2) is 7.85. The number of hydrogen-bond donors (Lipinski definition) is 0. The predicted octanol–water partition coefficient (Wildman–Crippen LogP) is 2.91. The molecule has 0 aliphatic carbocycles. The van der Waals surface area contributed by atoms with Crippen molar-refractivity contribution < 1.29 is 4.79 Å². The maximum absolute atomic E-state index is 11.8. The minimum atomic E-state index is 0.254. The normalized spacial score (nSPS) is 10.7. The molecule has 0 N–H and O–H groups in total. The zero-order chi connectivity index (χ0) is 13.4. The number of hydrogen-bond acceptors (Lipinski definition) is 2. The minimum Gasteiger partial charge on any atom is -0.342 e. The van der Waals surface area contributed by atoms with Gasteiger partial charge in [0.2, 0.25) is 5.91 Å². The highest BCUT2D eigenvalue weighted by atomic mass is 16.2. The van der Waals surface area contributed by atoms with E-state index in [9.17, 15) is 4.79 Å². The van der Waals surface area contributed by atoms with Crippen LogP contribution in [0.1, 0.15) is 39.3 Å². The van der Waals surface area contributed by atoms with Crippen molar-refractivity contribution in [3.05, 3.63) is 30.1 Å². The first kappa shape index (κ1) is 14.7. The van der Waals surface area contributed by atoms with E-state index >= 15 is 0 Å². The van der Waals surface area contributed by atoms with Crippen LogP contribution in [-0.2, 0) is 11.2 Å². The van der Waals surface area contributed by atoms with E-state index in [0.29, 0.717) is 12.3 Å². The molecule has 0 fully saturated rings. The fraction of sp³-hybridized carbons (Fsp3) is 0.600. The first-order valence-corrected chi connectivity index (χ1v) is 6.81. The highest BCUT2D eigenvalue weighted by Gasteiger charge is 2.12. The van der Waals surface area contributed by atoms with Gasteiger partial charge in [0.15, 0.2) is 0 Å². The lowest BCUT2D eigenvalue weighted by Crippen LogP contribution is -2.34. The summed E-state index contributed by atoms with van der Waals surface area (Å²) < 4.78 is 0. The molecule has 1 aromatic rings. The van der Waals surface area contributed by atoms with Crippen LogP contribution in [-0.4, -0.2) is 28.9 Å². The van der Waals surface area contributed by atoms with Gasteiger partial charge in [-0.05, 0) is 30.9 Å². The Balaban J connectivity index is 2.40. The van der Waals surface area contributed by atoms with Gasteiger partial charge in [0.05, 0.1) is 0 Å². The van der Waals surface area contributed by atoms with Gasteiger partial charge in [0.1, 0.15) is 0 Å². The van der Waals surface area contributed by atoms with Gasteiger partial charge in [-0.1, -0.05) is 26.8 Å². The monoisotopic (exact) mass is 248 g/mol. The van der Waals surface area contributed by atoms with Crippen molar-refractivity contribution in [1.82, 2.24) is 9.88 Å². The van der Waals surface area contributed by atoms with E-state index in [1.807, 2.05) is 36.2 Å². The van der Waals surface area contributed by atoms with E-state index in [0.717, 1.165) is 31.6 Å². The second-order valence-corrected chi connectivity index (χ2v) is 5.01. The van der Waals surface area contributed by atoms with Crippen molar-refractivity contribution in [2.75, 3.05) is 13.1 Å². The number of aromatic nitrogens is 1. The standard InChI is InChI=1S/C15H24N2O/c1-4-15(18)17(12-13(2)3)11-7-9-14-8-5-6-10-16-14/h5-6,8,10,13H,4,7,9,11-12H2,1-3H3. The Bertz CT molecular complexity index is 349. The number of rotatable bonds is 7. The molecular formula is C15H24N2O. The maximum atomic E-state index is 11.8. The van der Waals surface area contributed by atoms with Crippen LogP contribution in [0.15, 0.2) is 24.4 Å². The summed E-state index contributed by atoms with van der Waals surface area (Å²) in [6.07, 6.45) is 4.33. The molecule has 3 nitrogen and oxygen atoms in total. The third-order valence-electron chi connectivity index (χ3n) is 2.83. The van der Waals surface area contributed by atoms with Crippen molar-refractivity contribution in [3.63, 3.8) is 0 Å². The fourth-order valence-corrected chi connectivity index (χ4v) is 1.98. The Morgan fingerprint density at radius 2 is 2.17 bits per heavy atom. The van der Waals surface area contributed by atoms with Crippen LogP contribution in [0, 0.1) is 5.92 Å². The Hall–Kier alpha value is -1.38. The molecule has 0 atom stereocenters. The Morgan fingerprint density at radius 3 is 2.72 bits per heavy atom. The van der Waals surface area contributed by atoms with E-state index in [1.165, 1.54) is 0 Å². The minimum absolute atomic E-state index is 0.254. The van der Waals surface area contributed by atoms with E-state index in [-0.39, 0.29) is 5.91 Å². The van der Waals surface area contributed by atoms with Crippen LogP contribution < -0.4 is 0 Å². The zero-order valence-electron chi connectivity index (χ0n) is 11.7. The van der Waals surface area contributed by atoms with Gasteiger partial charge < -0.3 is 4.90 Å². The van der Waals surface area contributed by atoms with Crippen LogP contribution in [0.4, 0.5) is 0 Å². The molecule has 0 saturated carbocycles. The molecule has 0 radical (unpaired) electrons. The lowest BCUT2D eigenvalue weighted by molar-refractivity contribution is -0.131. The molecule has 0 bridgehead atoms. The summed E-state index contributed by atoms with van der Waals surface area (Å²) in [5, 5.41) is 0. The summed E-state index contributed by atoms with van der Waals surface area (Å²) in [5.41, 5.74) is 1.10. The molecule has 1 amide bonds. The predicted molar refractivity (Wildman–Crippen MR) is 74.3 cm³/mol. The van der Waals surface area contributed by atoms with Crippen molar-refractivity contribution in [3.8, 4) is 0 Å². The Kier molecular flexibility index (Phi) is 6.40. The summed E-state index contributed by atoms with van der Waals surface area (Å²) >= 11 is 0. The van der Waals surface area contributed by atoms with Crippen LogP contribution in [0.5, 0.6) is 0 Å². The first-order chi connectivity index (χ1) is 8.63. The average Bonchev–Trinajstić information content (AvgIpc) is 2.37. The highest BCUT2D eigenvalue weighted by molar-refractivity contribution is 5.75.